The van der Waals surface area contributed by atoms with Crippen LogP contribution >= 0.6 is 11.6 Å². The molecule has 0 atom stereocenters. The number of hydrogen-bond donors (Lipinski definition) is 4. The number of H-pyrrole nitrogens is 1. The second-order valence-electron chi connectivity index (χ2n) is 7.98. The lowest BCUT2D eigenvalue weighted by molar-refractivity contribution is -0.202. The van der Waals surface area contributed by atoms with Gasteiger partial charge in [-0.15, -0.1) is 13.2 Å². The summed E-state index contributed by atoms with van der Waals surface area (Å²) in [6.45, 7) is 0.227. The molecule has 2 aromatic heterocycles. The van der Waals surface area contributed by atoms with Crippen molar-refractivity contribution in [2.45, 2.75) is 6.30 Å². The highest BCUT2D eigenvalue weighted by atomic mass is 35.5. The number of halogens is 5. The van der Waals surface area contributed by atoms with Crippen LogP contribution in [0.3, 0.4) is 0 Å². The number of anilines is 2. The predicted molar refractivity (Wildman–Crippen MR) is 132 cm³/mol. The van der Waals surface area contributed by atoms with Crippen molar-refractivity contribution >= 4 is 28.9 Å². The average molecular weight is 553 g/mol. The smallest absolute Gasteiger partial charge is 0.395 e. The number of alkyl halides is 3. The number of benzene rings is 2. The fourth-order valence-corrected chi connectivity index (χ4v) is 3.97. The van der Waals surface area contributed by atoms with Crippen LogP contribution in [0, 0.1) is 5.82 Å². The van der Waals surface area contributed by atoms with Crippen molar-refractivity contribution in [2.75, 3.05) is 36.5 Å². The summed E-state index contributed by atoms with van der Waals surface area (Å²) in [5, 5.41) is 21.2. The van der Waals surface area contributed by atoms with E-state index in [2.05, 4.69) is 20.3 Å². The molecule has 0 spiro atoms. The molecule has 2 aromatic carbocycles. The van der Waals surface area contributed by atoms with Crippen molar-refractivity contribution < 1.29 is 32.6 Å². The van der Waals surface area contributed by atoms with E-state index >= 15 is 0 Å². The summed E-state index contributed by atoms with van der Waals surface area (Å²) in [7, 11) is 0. The Bertz CT molecular complexity index is 1420. The maximum absolute atomic E-state index is 13.7. The number of rotatable bonds is 9. The summed E-state index contributed by atoms with van der Waals surface area (Å²) in [6, 6.07) is 9.43. The molecule has 0 saturated carbocycles. The van der Waals surface area contributed by atoms with E-state index in [1.807, 2.05) is 0 Å². The normalized spacial score (nSPS) is 11.6. The lowest BCUT2D eigenvalue weighted by atomic mass is 10.1. The Morgan fingerprint density at radius 3 is 2.37 bits per heavy atom. The molecule has 0 saturated heterocycles. The highest BCUT2D eigenvalue weighted by Gasteiger charge is 2.36. The molecule has 4 N–H and O–H groups in total. The number of aromatic nitrogens is 4. The molecule has 1 amide bonds. The molecule has 200 valence electrons. The van der Waals surface area contributed by atoms with Gasteiger partial charge in [-0.2, -0.15) is 0 Å². The Hall–Kier alpha value is -3.94. The van der Waals surface area contributed by atoms with E-state index in [9.17, 15) is 32.6 Å². The molecule has 4 rings (SSSR count). The molecule has 14 heteroatoms. The van der Waals surface area contributed by atoms with Gasteiger partial charge in [0.25, 0.3) is 5.91 Å². The van der Waals surface area contributed by atoms with Gasteiger partial charge in [0.1, 0.15) is 23.5 Å². The molecule has 0 bridgehead atoms. The van der Waals surface area contributed by atoms with Crippen molar-refractivity contribution in [1.82, 2.24) is 19.5 Å². The van der Waals surface area contributed by atoms with Gasteiger partial charge in [0.2, 0.25) is 0 Å². The first-order valence-corrected chi connectivity index (χ1v) is 11.5. The minimum atomic E-state index is -4.84. The van der Waals surface area contributed by atoms with E-state index in [0.29, 0.717) is 12.0 Å². The summed E-state index contributed by atoms with van der Waals surface area (Å²) >= 11 is 6.31. The van der Waals surface area contributed by atoms with Crippen LogP contribution in [0.25, 0.3) is 22.8 Å². The number of nitrogens with one attached hydrogen (secondary N) is 2. The fraction of sp³-hybridized carbons (Fsp3) is 0.208. The third-order valence-corrected chi connectivity index (χ3v) is 5.82. The number of aliphatic hydroxyl groups excluding tert-OH is 2. The van der Waals surface area contributed by atoms with Gasteiger partial charge >= 0.3 is 6.30 Å². The van der Waals surface area contributed by atoms with Crippen LogP contribution in [0.1, 0.15) is 10.5 Å². The first-order chi connectivity index (χ1) is 18.1. The van der Waals surface area contributed by atoms with Gasteiger partial charge in [-0.1, -0.05) is 11.6 Å². The van der Waals surface area contributed by atoms with Crippen LogP contribution in [0.2, 0.25) is 5.02 Å². The molecule has 0 radical (unpaired) electrons. The van der Waals surface area contributed by atoms with E-state index in [-0.39, 0.29) is 64.4 Å². The summed E-state index contributed by atoms with van der Waals surface area (Å²) in [6.07, 6.45) is -3.20. The van der Waals surface area contributed by atoms with E-state index in [1.54, 1.807) is 11.0 Å². The second-order valence-corrected chi connectivity index (χ2v) is 8.39. The molecule has 2 heterocycles. The Morgan fingerprint density at radius 1 is 1.08 bits per heavy atom. The molecule has 9 nitrogen and oxygen atoms in total. The topological polar surface area (TPSA) is 119 Å². The second kappa shape index (κ2) is 11.2. The van der Waals surface area contributed by atoms with Crippen molar-refractivity contribution in [3.8, 4) is 22.8 Å². The summed E-state index contributed by atoms with van der Waals surface area (Å²) in [4.78, 5) is 24.9. The third kappa shape index (κ3) is 5.79. The number of hydrogen-bond acceptors (Lipinski definition) is 6. The third-order valence-electron chi connectivity index (χ3n) is 5.51. The average Bonchev–Trinajstić information content (AvgIpc) is 3.53. The van der Waals surface area contributed by atoms with Crippen molar-refractivity contribution in [2.24, 2.45) is 0 Å². The van der Waals surface area contributed by atoms with E-state index in [1.165, 1.54) is 24.3 Å². The number of carbonyl (C=O) groups is 1. The number of aliphatic hydroxyl groups is 2. The highest BCUT2D eigenvalue weighted by molar-refractivity contribution is 6.34. The van der Waals surface area contributed by atoms with Crippen LogP contribution in [-0.2, 0) is 6.30 Å². The van der Waals surface area contributed by atoms with Crippen molar-refractivity contribution in [3.05, 3.63) is 71.5 Å². The van der Waals surface area contributed by atoms with E-state index in [4.69, 9.17) is 11.6 Å². The lowest BCUT2D eigenvalue weighted by Crippen LogP contribution is -2.29. The fourth-order valence-electron chi connectivity index (χ4n) is 3.75. The van der Waals surface area contributed by atoms with Crippen LogP contribution < -0.4 is 10.2 Å². The summed E-state index contributed by atoms with van der Waals surface area (Å²) in [5.74, 6) is -1.57. The minimum Gasteiger partial charge on any atom is -0.395 e. The molecular weight excluding hydrogens is 532 g/mol. The minimum absolute atomic E-state index is 0.0493. The molecule has 4 aromatic rings. The standard InChI is InChI=1S/C24H21ClF4N6O3/c25-17-11-16(34(7-9-36)8-10-37)5-6-18(17)33-23(38)19-12-30-22(32-19)21-20(14-1-3-15(26)4-2-14)31-13-35(21)24(27,28)29/h1-6,11-13,36-37H,7-10H2,(H,30,32)(H,33,38). The molecular formula is C24H21ClF4N6O3. The zero-order chi connectivity index (χ0) is 27.4. The SMILES string of the molecule is O=C(Nc1ccc(N(CCO)CCO)cc1Cl)c1cnc(-c2c(-c3ccc(F)cc3)ncn2C(F)(F)F)[nH]1. The predicted octanol–water partition coefficient (Wildman–Crippen LogP) is 4.25. The first kappa shape index (κ1) is 27.1. The number of imidazole rings is 2. The summed E-state index contributed by atoms with van der Waals surface area (Å²) in [5.41, 5.74) is 0.318. The number of nitrogens with zero attached hydrogens (tertiary/aromatic N) is 4. The van der Waals surface area contributed by atoms with Crippen LogP contribution in [0.15, 0.2) is 55.0 Å². The number of carbonyl (C=O) groups excluding carboxylic acids is 1. The van der Waals surface area contributed by atoms with E-state index in [0.717, 1.165) is 18.3 Å². The molecule has 0 aliphatic heterocycles. The molecule has 0 aliphatic carbocycles. The Morgan fingerprint density at radius 2 is 1.76 bits per heavy atom. The highest BCUT2D eigenvalue weighted by Crippen LogP contribution is 2.36. The van der Waals surface area contributed by atoms with Crippen LogP contribution in [0.4, 0.5) is 28.9 Å². The monoisotopic (exact) mass is 552 g/mol. The van der Waals surface area contributed by atoms with Gasteiger partial charge < -0.3 is 25.4 Å². The Labute approximate surface area is 218 Å². The van der Waals surface area contributed by atoms with E-state index < -0.39 is 23.7 Å². The van der Waals surface area contributed by atoms with Gasteiger partial charge in [-0.3, -0.25) is 4.79 Å². The zero-order valence-electron chi connectivity index (χ0n) is 19.5. The maximum atomic E-state index is 13.7. The molecule has 0 unspecified atom stereocenters. The maximum Gasteiger partial charge on any atom is 0.490 e. The molecule has 0 aliphatic rings. The lowest BCUT2D eigenvalue weighted by Gasteiger charge is -2.23. The number of aromatic amines is 1. The first-order valence-electron chi connectivity index (χ1n) is 11.2. The quantitative estimate of drug-likeness (QED) is 0.231. The van der Waals surface area contributed by atoms with Crippen molar-refractivity contribution in [1.29, 1.82) is 0 Å². The molecule has 0 fully saturated rings. The van der Waals surface area contributed by atoms with Crippen molar-refractivity contribution in [3.63, 3.8) is 0 Å². The van der Waals surface area contributed by atoms with Crippen LogP contribution in [0.5, 0.6) is 0 Å². The van der Waals surface area contributed by atoms with Crippen LogP contribution in [-0.4, -0.2) is 61.9 Å². The van der Waals surface area contributed by atoms with Gasteiger partial charge in [0.05, 0.1) is 35.8 Å². The summed E-state index contributed by atoms with van der Waals surface area (Å²) < 4.78 is 54.4. The van der Waals surface area contributed by atoms with Gasteiger partial charge in [-0.25, -0.2) is 18.9 Å². The van der Waals surface area contributed by atoms with Gasteiger partial charge in [-0.05, 0) is 42.5 Å². The van der Waals surface area contributed by atoms with Gasteiger partial charge in [0.15, 0.2) is 5.82 Å². The Balaban J connectivity index is 1.61. The largest absolute Gasteiger partial charge is 0.490 e. The van der Waals surface area contributed by atoms with Gasteiger partial charge in [0, 0.05) is 24.3 Å². The molecule has 38 heavy (non-hydrogen) atoms. The number of amides is 1. The Kier molecular flexibility index (Phi) is 7.99. The zero-order valence-corrected chi connectivity index (χ0v) is 20.3.